The molecule has 0 bridgehead atoms. The van der Waals surface area contributed by atoms with Crippen LogP contribution in [0.2, 0.25) is 0 Å². The van der Waals surface area contributed by atoms with Crippen LogP contribution < -0.4 is 0 Å². The first-order valence-electron chi connectivity index (χ1n) is 6.77. The van der Waals surface area contributed by atoms with Crippen LogP contribution in [-0.2, 0) is 0 Å². The lowest BCUT2D eigenvalue weighted by atomic mass is 9.80. The van der Waals surface area contributed by atoms with Crippen molar-refractivity contribution in [1.82, 2.24) is 0 Å². The van der Waals surface area contributed by atoms with E-state index in [4.69, 9.17) is 0 Å². The van der Waals surface area contributed by atoms with Crippen molar-refractivity contribution in [3.8, 4) is 17.2 Å². The molecule has 0 saturated heterocycles. The predicted octanol–water partition coefficient (Wildman–Crippen LogP) is 2.09. The number of phenols is 3. The molecule has 2 aromatic rings. The molecule has 0 aliphatic heterocycles. The van der Waals surface area contributed by atoms with Crippen molar-refractivity contribution in [3.63, 3.8) is 0 Å². The lowest BCUT2D eigenvalue weighted by Crippen LogP contribution is -2.22. The zero-order valence-corrected chi connectivity index (χ0v) is 12.3. The van der Waals surface area contributed by atoms with Crippen molar-refractivity contribution in [2.45, 2.75) is 13.8 Å². The van der Waals surface area contributed by atoms with E-state index in [9.17, 15) is 29.7 Å². The van der Waals surface area contributed by atoms with Crippen LogP contribution >= 0.6 is 0 Å². The first kappa shape index (κ1) is 14.8. The summed E-state index contributed by atoms with van der Waals surface area (Å²) in [7, 11) is 0. The number of rotatable bonds is 1. The van der Waals surface area contributed by atoms with E-state index < -0.39 is 28.8 Å². The van der Waals surface area contributed by atoms with Crippen molar-refractivity contribution in [3.05, 3.63) is 51.6 Å². The Kier molecular flexibility index (Phi) is 3.00. The monoisotopic (exact) mass is 312 g/mol. The Morgan fingerprint density at radius 2 is 1.52 bits per heavy atom. The highest BCUT2D eigenvalue weighted by atomic mass is 16.3. The molecule has 116 valence electrons. The number of ketones is 3. The highest BCUT2D eigenvalue weighted by Gasteiger charge is 2.36. The number of carbonyl (C=O) groups is 3. The van der Waals surface area contributed by atoms with Crippen LogP contribution in [0.4, 0.5) is 0 Å². The number of phenolic OH excluding ortho intramolecular Hbond substituents is 3. The Morgan fingerprint density at radius 1 is 0.913 bits per heavy atom. The van der Waals surface area contributed by atoms with E-state index in [0.717, 1.165) is 12.1 Å². The maximum atomic E-state index is 12.6. The molecule has 0 fully saturated rings. The van der Waals surface area contributed by atoms with Gasteiger partial charge in [0.2, 0.25) is 5.78 Å². The Morgan fingerprint density at radius 3 is 2.13 bits per heavy atom. The number of carbonyl (C=O) groups excluding carboxylic acids is 3. The molecular weight excluding hydrogens is 300 g/mol. The van der Waals surface area contributed by atoms with Gasteiger partial charge in [-0.3, -0.25) is 14.4 Å². The summed E-state index contributed by atoms with van der Waals surface area (Å²) in [5, 5.41) is 29.7. The Bertz CT molecular complexity index is 923. The molecule has 0 atom stereocenters. The van der Waals surface area contributed by atoms with Gasteiger partial charge in [-0.2, -0.15) is 0 Å². The second-order valence-electron chi connectivity index (χ2n) is 5.44. The molecule has 0 amide bonds. The first-order valence-corrected chi connectivity index (χ1v) is 6.77. The fraction of sp³-hybridized carbons (Fsp3) is 0.118. The highest BCUT2D eigenvalue weighted by Crippen LogP contribution is 2.40. The lowest BCUT2D eigenvalue weighted by Gasteiger charge is -2.21. The number of aryl methyl sites for hydroxylation is 1. The molecule has 0 spiro atoms. The van der Waals surface area contributed by atoms with Crippen molar-refractivity contribution < 1.29 is 29.7 Å². The fourth-order valence-electron chi connectivity index (χ4n) is 2.95. The summed E-state index contributed by atoms with van der Waals surface area (Å²) in [4.78, 5) is 36.9. The largest absolute Gasteiger partial charge is 0.508 e. The smallest absolute Gasteiger partial charge is 0.201 e. The molecule has 0 saturated carbocycles. The predicted molar refractivity (Wildman–Crippen MR) is 79.5 cm³/mol. The number of benzene rings is 2. The van der Waals surface area contributed by atoms with Gasteiger partial charge in [0.25, 0.3) is 0 Å². The highest BCUT2D eigenvalue weighted by molar-refractivity contribution is 6.31. The summed E-state index contributed by atoms with van der Waals surface area (Å²) in [6.45, 7) is 2.79. The van der Waals surface area contributed by atoms with E-state index >= 15 is 0 Å². The molecule has 0 aromatic heterocycles. The van der Waals surface area contributed by atoms with Gasteiger partial charge in [0.05, 0.1) is 16.7 Å². The second kappa shape index (κ2) is 4.67. The van der Waals surface area contributed by atoms with Crippen molar-refractivity contribution >= 4 is 17.3 Å². The van der Waals surface area contributed by atoms with Crippen LogP contribution in [0.5, 0.6) is 17.2 Å². The number of aromatic hydroxyl groups is 3. The number of hydrogen-bond donors (Lipinski definition) is 3. The summed E-state index contributed by atoms with van der Waals surface area (Å²) in [6.07, 6.45) is 0. The SMILES string of the molecule is CC(=O)c1c(C)cc2c(c1O)C(=O)c1c(O)cc(O)cc1C2=O. The third kappa shape index (κ3) is 1.92. The third-order valence-electron chi connectivity index (χ3n) is 3.90. The zero-order valence-electron chi connectivity index (χ0n) is 12.3. The minimum absolute atomic E-state index is 0.0355. The van der Waals surface area contributed by atoms with E-state index in [-0.39, 0.29) is 33.6 Å². The zero-order chi connectivity index (χ0) is 17.0. The first-order chi connectivity index (χ1) is 10.7. The van der Waals surface area contributed by atoms with Crippen LogP contribution in [0.25, 0.3) is 0 Å². The summed E-state index contributed by atoms with van der Waals surface area (Å²) < 4.78 is 0. The summed E-state index contributed by atoms with van der Waals surface area (Å²) >= 11 is 0. The average Bonchev–Trinajstić information content (AvgIpc) is 2.42. The van der Waals surface area contributed by atoms with E-state index in [1.54, 1.807) is 6.92 Å². The third-order valence-corrected chi connectivity index (χ3v) is 3.90. The van der Waals surface area contributed by atoms with Gasteiger partial charge in [0, 0.05) is 17.2 Å². The molecule has 6 heteroatoms. The van der Waals surface area contributed by atoms with Gasteiger partial charge in [0.15, 0.2) is 11.6 Å². The van der Waals surface area contributed by atoms with Crippen molar-refractivity contribution in [2.24, 2.45) is 0 Å². The van der Waals surface area contributed by atoms with Crippen molar-refractivity contribution in [1.29, 1.82) is 0 Å². The van der Waals surface area contributed by atoms with Gasteiger partial charge in [0.1, 0.15) is 17.2 Å². The van der Waals surface area contributed by atoms with Crippen LogP contribution in [0, 0.1) is 6.92 Å². The Balaban J connectivity index is 2.41. The topological polar surface area (TPSA) is 112 Å². The lowest BCUT2D eigenvalue weighted by molar-refractivity contribution is 0.0971. The van der Waals surface area contributed by atoms with Gasteiger partial charge in [-0.05, 0) is 31.5 Å². The minimum atomic E-state index is -0.771. The Labute approximate surface area is 130 Å². The van der Waals surface area contributed by atoms with E-state index in [2.05, 4.69) is 0 Å². The molecule has 3 N–H and O–H groups in total. The molecule has 0 unspecified atom stereocenters. The van der Waals surface area contributed by atoms with E-state index in [1.165, 1.54) is 13.0 Å². The molecule has 1 aliphatic rings. The molecule has 2 aromatic carbocycles. The van der Waals surface area contributed by atoms with Crippen molar-refractivity contribution in [2.75, 3.05) is 0 Å². The van der Waals surface area contributed by atoms with Crippen LogP contribution in [0.15, 0.2) is 18.2 Å². The molecule has 6 nitrogen and oxygen atoms in total. The molecule has 0 radical (unpaired) electrons. The average molecular weight is 312 g/mol. The summed E-state index contributed by atoms with van der Waals surface area (Å²) in [6, 6.07) is 3.38. The number of Topliss-reactive ketones (excluding diaryl/α,β-unsaturated/α-hetero) is 1. The molecular formula is C17H12O6. The van der Waals surface area contributed by atoms with Gasteiger partial charge in [-0.25, -0.2) is 0 Å². The quantitative estimate of drug-likeness (QED) is 0.593. The normalized spacial score (nSPS) is 12.8. The molecule has 3 rings (SSSR count). The molecule has 23 heavy (non-hydrogen) atoms. The van der Waals surface area contributed by atoms with E-state index in [0.29, 0.717) is 5.56 Å². The summed E-state index contributed by atoms with van der Waals surface area (Å²) in [5.74, 6) is -3.31. The maximum absolute atomic E-state index is 12.6. The molecule has 1 aliphatic carbocycles. The van der Waals surface area contributed by atoms with Gasteiger partial charge >= 0.3 is 0 Å². The van der Waals surface area contributed by atoms with Gasteiger partial charge < -0.3 is 15.3 Å². The van der Waals surface area contributed by atoms with E-state index in [1.807, 2.05) is 0 Å². The fourth-order valence-corrected chi connectivity index (χ4v) is 2.95. The standard InChI is InChI=1S/C17H12O6/c1-6-3-9-14(16(22)12(6)7(2)18)17(23)13-10(15(9)21)4-8(19)5-11(13)20/h3-5,19-20,22H,1-2H3. The van der Waals surface area contributed by atoms with Crippen LogP contribution in [0.3, 0.4) is 0 Å². The number of hydrogen-bond acceptors (Lipinski definition) is 6. The summed E-state index contributed by atoms with van der Waals surface area (Å²) in [5.41, 5.74) is -0.482. The van der Waals surface area contributed by atoms with Gasteiger partial charge in [-0.1, -0.05) is 0 Å². The number of fused-ring (bicyclic) bond motifs is 2. The van der Waals surface area contributed by atoms with Gasteiger partial charge in [-0.15, -0.1) is 0 Å². The molecule has 0 heterocycles. The van der Waals surface area contributed by atoms with Crippen LogP contribution in [0.1, 0.15) is 54.7 Å². The van der Waals surface area contributed by atoms with Crippen LogP contribution in [-0.4, -0.2) is 32.7 Å². The Hall–Kier alpha value is -3.15. The minimum Gasteiger partial charge on any atom is -0.508 e. The maximum Gasteiger partial charge on any atom is 0.201 e. The second-order valence-corrected chi connectivity index (χ2v) is 5.44.